The van der Waals surface area contributed by atoms with Gasteiger partial charge in [-0.05, 0) is 48.4 Å². The zero-order chi connectivity index (χ0) is 24.9. The van der Waals surface area contributed by atoms with E-state index in [0.717, 1.165) is 56.4 Å². The molecule has 8 nitrogen and oxygen atoms in total. The molecule has 0 bridgehead atoms. The van der Waals surface area contributed by atoms with Crippen molar-refractivity contribution < 1.29 is 23.8 Å². The molecule has 1 atom stereocenters. The Morgan fingerprint density at radius 3 is 2.47 bits per heavy atom. The lowest BCUT2D eigenvalue weighted by Gasteiger charge is -2.37. The number of fused-ring (bicyclic) bond motifs is 1. The number of rotatable bonds is 10. The van der Waals surface area contributed by atoms with Gasteiger partial charge in [-0.3, -0.25) is 19.4 Å². The van der Waals surface area contributed by atoms with Crippen molar-refractivity contribution in [2.75, 3.05) is 44.5 Å². The Kier molecular flexibility index (Phi) is 7.72. The van der Waals surface area contributed by atoms with E-state index in [9.17, 15) is 9.59 Å². The highest BCUT2D eigenvalue weighted by atomic mass is 16.7. The van der Waals surface area contributed by atoms with Crippen molar-refractivity contribution in [2.45, 2.75) is 51.6 Å². The summed E-state index contributed by atoms with van der Waals surface area (Å²) in [6.07, 6.45) is 4.85. The van der Waals surface area contributed by atoms with Crippen LogP contribution in [0.3, 0.4) is 0 Å². The van der Waals surface area contributed by atoms with Gasteiger partial charge in [0.25, 0.3) is 5.91 Å². The highest BCUT2D eigenvalue weighted by Gasteiger charge is 2.43. The maximum absolute atomic E-state index is 13.2. The highest BCUT2D eigenvalue weighted by Crippen LogP contribution is 2.33. The monoisotopic (exact) mass is 493 g/mol. The van der Waals surface area contributed by atoms with Crippen LogP contribution in [-0.2, 0) is 16.1 Å². The fourth-order valence-electron chi connectivity index (χ4n) is 5.11. The number of piperazine rings is 1. The molecular formula is C28H35N3O5. The number of amides is 2. The molecule has 8 heteroatoms. The maximum atomic E-state index is 13.2. The number of imide groups is 1. The fraction of sp³-hybridized carbons (Fsp3) is 0.500. The summed E-state index contributed by atoms with van der Waals surface area (Å²) >= 11 is 0. The van der Waals surface area contributed by atoms with E-state index in [1.165, 1.54) is 29.7 Å². The molecular weight excluding hydrogens is 458 g/mol. The van der Waals surface area contributed by atoms with E-state index < -0.39 is 0 Å². The summed E-state index contributed by atoms with van der Waals surface area (Å²) in [7, 11) is 0. The summed E-state index contributed by atoms with van der Waals surface area (Å²) in [5, 5.41) is 0. The Bertz CT molecular complexity index is 1070. The Balaban J connectivity index is 1.12. The minimum absolute atomic E-state index is 0.127. The fourth-order valence-corrected chi connectivity index (χ4v) is 5.11. The van der Waals surface area contributed by atoms with Crippen LogP contribution in [0, 0.1) is 0 Å². The Morgan fingerprint density at radius 2 is 1.69 bits per heavy atom. The third-order valence-corrected chi connectivity index (χ3v) is 7.18. The quantitative estimate of drug-likeness (QED) is 0.368. The number of nitrogens with zero attached hydrogens (tertiary/aromatic N) is 3. The van der Waals surface area contributed by atoms with Crippen LogP contribution in [0.15, 0.2) is 42.5 Å². The third kappa shape index (κ3) is 5.50. The van der Waals surface area contributed by atoms with Gasteiger partial charge in [-0.2, -0.15) is 0 Å². The van der Waals surface area contributed by atoms with Crippen LogP contribution in [0.5, 0.6) is 17.2 Å². The molecule has 2 fully saturated rings. The second-order valence-corrected chi connectivity index (χ2v) is 9.69. The summed E-state index contributed by atoms with van der Waals surface area (Å²) in [6, 6.07) is 13.0. The van der Waals surface area contributed by atoms with Gasteiger partial charge in [0.1, 0.15) is 5.75 Å². The van der Waals surface area contributed by atoms with Gasteiger partial charge in [0.2, 0.25) is 12.7 Å². The Labute approximate surface area is 212 Å². The van der Waals surface area contributed by atoms with Crippen molar-refractivity contribution in [3.05, 3.63) is 48.0 Å². The van der Waals surface area contributed by atoms with E-state index in [4.69, 9.17) is 14.2 Å². The standard InChI is InChI=1S/C28H35N3O5/c1-2-3-4-5-16-34-23-9-7-22(8-10-23)31-27(32)18-24(28(31)33)30-14-12-29(13-15-30)19-21-6-11-25-26(17-21)36-20-35-25/h6-11,17,24H,2-5,12-16,18-20H2,1H3. The molecule has 36 heavy (non-hydrogen) atoms. The maximum Gasteiger partial charge on any atom is 0.251 e. The van der Waals surface area contributed by atoms with E-state index >= 15 is 0 Å². The highest BCUT2D eigenvalue weighted by molar-refractivity contribution is 6.22. The van der Waals surface area contributed by atoms with Crippen LogP contribution in [0.1, 0.15) is 44.6 Å². The van der Waals surface area contributed by atoms with Crippen LogP contribution >= 0.6 is 0 Å². The van der Waals surface area contributed by atoms with Gasteiger partial charge in [-0.15, -0.1) is 0 Å². The summed E-state index contributed by atoms with van der Waals surface area (Å²) in [4.78, 5) is 31.9. The number of carbonyl (C=O) groups excluding carboxylic acids is 2. The summed E-state index contributed by atoms with van der Waals surface area (Å²) in [5.74, 6) is 2.10. The van der Waals surface area contributed by atoms with Gasteiger partial charge >= 0.3 is 0 Å². The molecule has 0 aromatic heterocycles. The lowest BCUT2D eigenvalue weighted by atomic mass is 10.1. The van der Waals surface area contributed by atoms with Crippen molar-refractivity contribution in [3.63, 3.8) is 0 Å². The Hall–Kier alpha value is -3.10. The van der Waals surface area contributed by atoms with E-state index in [1.54, 1.807) is 0 Å². The van der Waals surface area contributed by atoms with Crippen molar-refractivity contribution in [1.29, 1.82) is 0 Å². The predicted octanol–water partition coefficient (Wildman–Crippen LogP) is 3.82. The molecule has 1 unspecified atom stereocenters. The van der Waals surface area contributed by atoms with Gasteiger partial charge in [0.15, 0.2) is 11.5 Å². The smallest absolute Gasteiger partial charge is 0.251 e. The average molecular weight is 494 g/mol. The first-order chi connectivity index (χ1) is 17.6. The number of unbranched alkanes of at least 4 members (excludes halogenated alkanes) is 3. The van der Waals surface area contributed by atoms with Crippen LogP contribution in [0.25, 0.3) is 0 Å². The number of anilines is 1. The zero-order valence-electron chi connectivity index (χ0n) is 21.0. The van der Waals surface area contributed by atoms with Gasteiger partial charge in [0, 0.05) is 32.7 Å². The van der Waals surface area contributed by atoms with Crippen molar-refractivity contribution in [1.82, 2.24) is 9.80 Å². The molecule has 2 amide bonds. The first-order valence-corrected chi connectivity index (χ1v) is 13.1. The van der Waals surface area contributed by atoms with Crippen molar-refractivity contribution in [2.24, 2.45) is 0 Å². The minimum atomic E-state index is -0.389. The first kappa shape index (κ1) is 24.6. The van der Waals surface area contributed by atoms with Crippen LogP contribution in [-0.4, -0.2) is 67.2 Å². The van der Waals surface area contributed by atoms with E-state index in [0.29, 0.717) is 12.3 Å². The number of benzene rings is 2. The molecule has 0 aliphatic carbocycles. The Morgan fingerprint density at radius 1 is 0.917 bits per heavy atom. The summed E-state index contributed by atoms with van der Waals surface area (Å²) in [5.41, 5.74) is 1.80. The lowest BCUT2D eigenvalue weighted by molar-refractivity contribution is -0.123. The number of hydrogen-bond acceptors (Lipinski definition) is 7. The predicted molar refractivity (Wildman–Crippen MR) is 136 cm³/mol. The summed E-state index contributed by atoms with van der Waals surface area (Å²) in [6.45, 7) is 7.17. The zero-order valence-corrected chi connectivity index (χ0v) is 21.0. The minimum Gasteiger partial charge on any atom is -0.494 e. The normalized spacial score (nSPS) is 20.4. The number of carbonyl (C=O) groups is 2. The second-order valence-electron chi connectivity index (χ2n) is 9.69. The molecule has 3 aliphatic rings. The molecule has 2 aromatic rings. The lowest BCUT2D eigenvalue weighted by Crippen LogP contribution is -2.52. The van der Waals surface area contributed by atoms with Crippen LogP contribution in [0.4, 0.5) is 5.69 Å². The number of ether oxygens (including phenoxy) is 3. The molecule has 3 heterocycles. The third-order valence-electron chi connectivity index (χ3n) is 7.18. The second kappa shape index (κ2) is 11.3. The van der Waals surface area contributed by atoms with Crippen molar-refractivity contribution in [3.8, 4) is 17.2 Å². The van der Waals surface area contributed by atoms with Gasteiger partial charge in [-0.1, -0.05) is 32.3 Å². The first-order valence-electron chi connectivity index (χ1n) is 13.1. The van der Waals surface area contributed by atoms with Gasteiger partial charge < -0.3 is 14.2 Å². The van der Waals surface area contributed by atoms with Gasteiger partial charge in [-0.25, -0.2) is 4.90 Å². The molecule has 2 aromatic carbocycles. The van der Waals surface area contributed by atoms with Gasteiger partial charge in [0.05, 0.1) is 24.8 Å². The summed E-state index contributed by atoms with van der Waals surface area (Å²) < 4.78 is 16.7. The average Bonchev–Trinajstić information content (AvgIpc) is 3.48. The van der Waals surface area contributed by atoms with E-state index in [2.05, 4.69) is 22.8 Å². The number of hydrogen-bond donors (Lipinski definition) is 0. The molecule has 0 radical (unpaired) electrons. The topological polar surface area (TPSA) is 71.6 Å². The molecule has 192 valence electrons. The SMILES string of the molecule is CCCCCCOc1ccc(N2C(=O)CC(N3CCN(Cc4ccc5c(c4)OCO5)CC3)C2=O)cc1. The van der Waals surface area contributed by atoms with Crippen molar-refractivity contribution >= 4 is 17.5 Å². The molecule has 0 saturated carbocycles. The van der Waals surface area contributed by atoms with E-state index in [-0.39, 0.29) is 31.1 Å². The van der Waals surface area contributed by atoms with Crippen LogP contribution in [0.2, 0.25) is 0 Å². The largest absolute Gasteiger partial charge is 0.494 e. The molecule has 2 saturated heterocycles. The molecule has 0 spiro atoms. The van der Waals surface area contributed by atoms with E-state index in [1.807, 2.05) is 36.4 Å². The molecule has 3 aliphatic heterocycles. The molecule has 0 N–H and O–H groups in total. The molecule has 5 rings (SSSR count). The van der Waals surface area contributed by atoms with Crippen LogP contribution < -0.4 is 19.1 Å².